The predicted octanol–water partition coefficient (Wildman–Crippen LogP) is 3.06. The van der Waals surface area contributed by atoms with Crippen LogP contribution in [0.4, 0.5) is 0 Å². The van der Waals surface area contributed by atoms with E-state index < -0.39 is 17.7 Å². The highest BCUT2D eigenvalue weighted by atomic mass is 16.6. The molecule has 0 saturated carbocycles. The third-order valence-corrected chi connectivity index (χ3v) is 5.70. The summed E-state index contributed by atoms with van der Waals surface area (Å²) in [7, 11) is 0. The molecule has 0 bridgehead atoms. The fraction of sp³-hybridized carbons (Fsp3) is 0.333. The van der Waals surface area contributed by atoms with E-state index in [0.29, 0.717) is 73.5 Å². The molecule has 1 N–H and O–H groups in total. The Kier molecular flexibility index (Phi) is 5.13. The summed E-state index contributed by atoms with van der Waals surface area (Å²) in [6.07, 6.45) is 0.665. The first kappa shape index (κ1) is 20.2. The number of Topliss-reactive ketones (excluding diaryl/α,β-unsaturated/α-hetero) is 1. The normalized spacial score (nSPS) is 21.0. The van der Waals surface area contributed by atoms with Gasteiger partial charge in [-0.05, 0) is 42.3 Å². The number of hydrogen-bond acceptors (Lipinski definition) is 7. The van der Waals surface area contributed by atoms with Crippen molar-refractivity contribution in [3.05, 3.63) is 53.1 Å². The minimum absolute atomic E-state index is 0.0387. The van der Waals surface area contributed by atoms with Crippen LogP contribution in [0, 0.1) is 0 Å². The average Bonchev–Trinajstić information content (AvgIpc) is 3.08. The lowest BCUT2D eigenvalue weighted by Crippen LogP contribution is -2.30. The van der Waals surface area contributed by atoms with Gasteiger partial charge in [0, 0.05) is 12.1 Å². The van der Waals surface area contributed by atoms with Crippen molar-refractivity contribution < 1.29 is 33.6 Å². The number of aliphatic hydroxyl groups is 1. The minimum Gasteiger partial charge on any atom is -0.507 e. The second-order valence-corrected chi connectivity index (χ2v) is 7.75. The first-order chi connectivity index (χ1) is 15.6. The summed E-state index contributed by atoms with van der Waals surface area (Å²) in [4.78, 5) is 27.4. The summed E-state index contributed by atoms with van der Waals surface area (Å²) in [6, 6.07) is 9.55. The van der Waals surface area contributed by atoms with E-state index in [2.05, 4.69) is 0 Å². The van der Waals surface area contributed by atoms with Gasteiger partial charge in [0.25, 0.3) is 11.7 Å². The highest BCUT2D eigenvalue weighted by molar-refractivity contribution is 6.46. The summed E-state index contributed by atoms with van der Waals surface area (Å²) in [6.45, 7) is 4.04. The van der Waals surface area contributed by atoms with Gasteiger partial charge in [-0.15, -0.1) is 0 Å². The fourth-order valence-corrected chi connectivity index (χ4v) is 4.27. The fourth-order valence-electron chi connectivity index (χ4n) is 4.27. The standard InChI is InChI=1S/C24H23NO7/c1-2-7-25-21(14-3-5-16-18(12-14)31-10-8-29-16)20(23(27)24(25)28)22(26)15-4-6-17-19(13-15)32-11-9-30-17/h3-6,12-13,21,26H,2,7-11H2,1H3/b22-20-. The zero-order chi connectivity index (χ0) is 22.2. The molecule has 8 heteroatoms. The first-order valence-corrected chi connectivity index (χ1v) is 10.7. The molecule has 3 aliphatic heterocycles. The highest BCUT2D eigenvalue weighted by Crippen LogP contribution is 2.43. The van der Waals surface area contributed by atoms with Gasteiger partial charge in [-0.25, -0.2) is 0 Å². The summed E-state index contributed by atoms with van der Waals surface area (Å²) in [5, 5.41) is 11.2. The van der Waals surface area contributed by atoms with Gasteiger partial charge in [-0.2, -0.15) is 0 Å². The molecule has 3 aliphatic rings. The van der Waals surface area contributed by atoms with Crippen LogP contribution >= 0.6 is 0 Å². The topological polar surface area (TPSA) is 94.5 Å². The molecule has 5 rings (SSSR count). The van der Waals surface area contributed by atoms with E-state index in [0.717, 1.165) is 0 Å². The van der Waals surface area contributed by atoms with E-state index in [1.807, 2.05) is 6.92 Å². The Morgan fingerprint density at radius 3 is 2.16 bits per heavy atom. The quantitative estimate of drug-likeness (QED) is 0.446. The molecule has 0 spiro atoms. The van der Waals surface area contributed by atoms with Gasteiger partial charge in [0.15, 0.2) is 23.0 Å². The number of fused-ring (bicyclic) bond motifs is 2. The van der Waals surface area contributed by atoms with Gasteiger partial charge in [-0.3, -0.25) is 9.59 Å². The molecule has 1 amide bonds. The molecule has 1 fully saturated rings. The number of carbonyl (C=O) groups excluding carboxylic acids is 2. The van der Waals surface area contributed by atoms with Gasteiger partial charge in [0.2, 0.25) is 0 Å². The Morgan fingerprint density at radius 1 is 0.906 bits per heavy atom. The molecule has 8 nitrogen and oxygen atoms in total. The lowest BCUT2D eigenvalue weighted by Gasteiger charge is -2.26. The number of ether oxygens (including phenoxy) is 4. The van der Waals surface area contributed by atoms with Crippen molar-refractivity contribution in [2.75, 3.05) is 33.0 Å². The summed E-state index contributed by atoms with van der Waals surface area (Å²) in [5.74, 6) is 0.617. The monoisotopic (exact) mass is 437 g/mol. The van der Waals surface area contributed by atoms with Crippen LogP contribution in [-0.4, -0.2) is 54.7 Å². The smallest absolute Gasteiger partial charge is 0.295 e. The number of carbonyl (C=O) groups is 2. The van der Waals surface area contributed by atoms with Crippen molar-refractivity contribution in [1.29, 1.82) is 0 Å². The second kappa shape index (κ2) is 8.11. The maximum Gasteiger partial charge on any atom is 0.295 e. The van der Waals surface area contributed by atoms with Crippen LogP contribution in [0.25, 0.3) is 5.76 Å². The van der Waals surface area contributed by atoms with E-state index in [1.165, 1.54) is 4.90 Å². The Labute approximate surface area is 184 Å². The Hall–Kier alpha value is -3.68. The van der Waals surface area contributed by atoms with Gasteiger partial charge in [0.1, 0.15) is 32.2 Å². The van der Waals surface area contributed by atoms with Crippen molar-refractivity contribution in [2.45, 2.75) is 19.4 Å². The zero-order valence-corrected chi connectivity index (χ0v) is 17.6. The number of nitrogens with zero attached hydrogens (tertiary/aromatic N) is 1. The number of rotatable bonds is 4. The van der Waals surface area contributed by atoms with Crippen LogP contribution in [-0.2, 0) is 9.59 Å². The van der Waals surface area contributed by atoms with E-state index in [-0.39, 0.29) is 11.3 Å². The lowest BCUT2D eigenvalue weighted by atomic mass is 9.94. The minimum atomic E-state index is -0.737. The van der Waals surface area contributed by atoms with Crippen molar-refractivity contribution in [3.63, 3.8) is 0 Å². The van der Waals surface area contributed by atoms with Crippen molar-refractivity contribution in [1.82, 2.24) is 4.90 Å². The molecule has 2 aromatic carbocycles. The molecular weight excluding hydrogens is 414 g/mol. The molecule has 2 aromatic rings. The number of aliphatic hydroxyl groups excluding tert-OH is 1. The number of likely N-dealkylation sites (tertiary alicyclic amines) is 1. The van der Waals surface area contributed by atoms with Gasteiger partial charge >= 0.3 is 0 Å². The molecule has 3 heterocycles. The molecule has 1 saturated heterocycles. The van der Waals surface area contributed by atoms with E-state index >= 15 is 0 Å². The molecule has 166 valence electrons. The molecule has 0 aliphatic carbocycles. The van der Waals surface area contributed by atoms with E-state index in [1.54, 1.807) is 36.4 Å². The summed E-state index contributed by atoms with van der Waals surface area (Å²) >= 11 is 0. The summed E-state index contributed by atoms with van der Waals surface area (Å²) in [5.41, 5.74) is 1.09. The Bertz CT molecular complexity index is 1120. The van der Waals surface area contributed by atoms with Crippen LogP contribution in [0.3, 0.4) is 0 Å². The largest absolute Gasteiger partial charge is 0.507 e. The van der Waals surface area contributed by atoms with Crippen LogP contribution in [0.15, 0.2) is 42.0 Å². The Morgan fingerprint density at radius 2 is 1.50 bits per heavy atom. The van der Waals surface area contributed by atoms with Crippen molar-refractivity contribution in [3.8, 4) is 23.0 Å². The maximum absolute atomic E-state index is 13.0. The molecule has 32 heavy (non-hydrogen) atoms. The van der Waals surface area contributed by atoms with Gasteiger partial charge in [-0.1, -0.05) is 13.0 Å². The molecule has 1 atom stereocenters. The van der Waals surface area contributed by atoms with Crippen LogP contribution in [0.2, 0.25) is 0 Å². The number of hydrogen-bond donors (Lipinski definition) is 1. The van der Waals surface area contributed by atoms with Gasteiger partial charge in [0.05, 0.1) is 11.6 Å². The second-order valence-electron chi connectivity index (χ2n) is 7.75. The molecular formula is C24H23NO7. The third-order valence-electron chi connectivity index (χ3n) is 5.70. The molecule has 0 aromatic heterocycles. The van der Waals surface area contributed by atoms with Crippen LogP contribution in [0.1, 0.15) is 30.5 Å². The van der Waals surface area contributed by atoms with Crippen molar-refractivity contribution >= 4 is 17.4 Å². The summed E-state index contributed by atoms with van der Waals surface area (Å²) < 4.78 is 22.4. The predicted molar refractivity (Wildman–Crippen MR) is 114 cm³/mol. The zero-order valence-electron chi connectivity index (χ0n) is 17.6. The van der Waals surface area contributed by atoms with Crippen LogP contribution in [0.5, 0.6) is 23.0 Å². The lowest BCUT2D eigenvalue weighted by molar-refractivity contribution is -0.139. The number of benzene rings is 2. The highest BCUT2D eigenvalue weighted by Gasteiger charge is 2.46. The van der Waals surface area contributed by atoms with Crippen molar-refractivity contribution in [2.24, 2.45) is 0 Å². The Balaban J connectivity index is 1.63. The van der Waals surface area contributed by atoms with E-state index in [4.69, 9.17) is 18.9 Å². The number of amides is 1. The van der Waals surface area contributed by atoms with Gasteiger partial charge < -0.3 is 29.0 Å². The van der Waals surface area contributed by atoms with E-state index in [9.17, 15) is 14.7 Å². The third kappa shape index (κ3) is 3.32. The number of ketones is 1. The molecule has 1 unspecified atom stereocenters. The average molecular weight is 437 g/mol. The maximum atomic E-state index is 13.0. The van der Waals surface area contributed by atoms with Crippen LogP contribution < -0.4 is 18.9 Å². The molecule has 0 radical (unpaired) electrons. The SMILES string of the molecule is CCCN1C(=O)C(=O)/C(=C(\O)c2ccc3c(c2)OCCO3)C1c1ccc2c(c1)OCCO2. The first-order valence-electron chi connectivity index (χ1n) is 10.7.